The molecule has 20 heavy (non-hydrogen) atoms. The average molecular weight is 294 g/mol. The van der Waals surface area contributed by atoms with E-state index in [9.17, 15) is 0 Å². The third-order valence-electron chi connectivity index (χ3n) is 3.68. The van der Waals surface area contributed by atoms with Crippen LogP contribution in [0.4, 0.5) is 0 Å². The van der Waals surface area contributed by atoms with Crippen molar-refractivity contribution >= 4 is 12.4 Å². The number of rotatable bonds is 3. The first-order chi connectivity index (χ1) is 9.36. The van der Waals surface area contributed by atoms with E-state index in [1.54, 1.807) is 0 Å². The lowest BCUT2D eigenvalue weighted by molar-refractivity contribution is 0.446. The molecule has 0 spiro atoms. The maximum atomic E-state index is 4.62. The van der Waals surface area contributed by atoms with Crippen LogP contribution >= 0.6 is 12.4 Å². The van der Waals surface area contributed by atoms with Crippen molar-refractivity contribution in [3.05, 3.63) is 29.7 Å². The number of aromatic nitrogens is 4. The summed E-state index contributed by atoms with van der Waals surface area (Å²) >= 11 is 0. The Balaban J connectivity index is 0.00000147. The second-order valence-corrected chi connectivity index (χ2v) is 4.97. The summed E-state index contributed by atoms with van der Waals surface area (Å²) in [5.41, 5.74) is 2.15. The Bertz CT molecular complexity index is 548. The van der Waals surface area contributed by atoms with Gasteiger partial charge in [0, 0.05) is 12.1 Å². The average Bonchev–Trinajstić information content (AvgIpc) is 2.98. The molecule has 0 aromatic carbocycles. The summed E-state index contributed by atoms with van der Waals surface area (Å²) in [6.45, 7) is 4.25. The Hall–Kier alpha value is -1.46. The molecule has 0 amide bonds. The van der Waals surface area contributed by atoms with E-state index in [4.69, 9.17) is 0 Å². The minimum Gasteiger partial charge on any atom is -0.317 e. The molecule has 1 saturated heterocycles. The van der Waals surface area contributed by atoms with Gasteiger partial charge in [-0.15, -0.1) is 12.4 Å². The van der Waals surface area contributed by atoms with Gasteiger partial charge in [0.25, 0.3) is 0 Å². The molecule has 2 aromatic heterocycles. The number of pyridine rings is 1. The second-order valence-electron chi connectivity index (χ2n) is 4.97. The third kappa shape index (κ3) is 3.16. The van der Waals surface area contributed by atoms with Crippen molar-refractivity contribution in [2.24, 2.45) is 0 Å². The normalized spacial score (nSPS) is 15.8. The van der Waals surface area contributed by atoms with Crippen molar-refractivity contribution in [1.82, 2.24) is 25.5 Å². The molecule has 6 heteroatoms. The van der Waals surface area contributed by atoms with Crippen LogP contribution in [0.3, 0.4) is 0 Å². The number of aromatic amines is 1. The predicted octanol–water partition coefficient (Wildman–Crippen LogP) is 2.32. The van der Waals surface area contributed by atoms with Crippen molar-refractivity contribution in [2.45, 2.75) is 32.1 Å². The zero-order valence-electron chi connectivity index (χ0n) is 11.6. The van der Waals surface area contributed by atoms with Crippen LogP contribution in [0.5, 0.6) is 0 Å². The highest BCUT2D eigenvalue weighted by molar-refractivity contribution is 5.85. The maximum Gasteiger partial charge on any atom is 0.174 e. The van der Waals surface area contributed by atoms with E-state index in [0.29, 0.717) is 5.92 Å². The molecule has 3 rings (SSSR count). The topological polar surface area (TPSA) is 66.5 Å². The molecular weight excluding hydrogens is 274 g/mol. The fourth-order valence-corrected chi connectivity index (χ4v) is 2.48. The van der Waals surface area contributed by atoms with Crippen LogP contribution < -0.4 is 5.32 Å². The van der Waals surface area contributed by atoms with E-state index in [0.717, 1.165) is 49.7 Å². The number of piperidine rings is 1. The van der Waals surface area contributed by atoms with Gasteiger partial charge in [0.2, 0.25) is 0 Å². The van der Waals surface area contributed by atoms with Crippen LogP contribution in [-0.4, -0.2) is 33.3 Å². The van der Waals surface area contributed by atoms with Crippen molar-refractivity contribution in [1.29, 1.82) is 0 Å². The lowest BCUT2D eigenvalue weighted by Gasteiger charge is -2.19. The van der Waals surface area contributed by atoms with Gasteiger partial charge in [-0.3, -0.25) is 10.1 Å². The number of aryl methyl sites for hydroxylation is 1. The molecular formula is C14H20ClN5. The van der Waals surface area contributed by atoms with E-state index in [2.05, 4.69) is 38.5 Å². The molecule has 0 atom stereocenters. The van der Waals surface area contributed by atoms with Crippen LogP contribution in [0, 0.1) is 0 Å². The first-order valence-electron chi connectivity index (χ1n) is 6.95. The molecule has 1 aliphatic heterocycles. The van der Waals surface area contributed by atoms with E-state index in [-0.39, 0.29) is 12.4 Å². The Kier molecular flexibility index (Phi) is 5.09. The summed E-state index contributed by atoms with van der Waals surface area (Å²) in [7, 11) is 0. The number of hydrogen-bond acceptors (Lipinski definition) is 4. The zero-order chi connectivity index (χ0) is 13.1. The molecule has 2 aromatic rings. The monoisotopic (exact) mass is 293 g/mol. The fourth-order valence-electron chi connectivity index (χ4n) is 2.48. The molecule has 108 valence electrons. The van der Waals surface area contributed by atoms with Crippen LogP contribution in [0.1, 0.15) is 37.1 Å². The molecule has 2 N–H and O–H groups in total. The summed E-state index contributed by atoms with van der Waals surface area (Å²) in [6.07, 6.45) is 5.06. The third-order valence-corrected chi connectivity index (χ3v) is 3.68. The number of nitrogens with one attached hydrogen (secondary N) is 2. The Morgan fingerprint density at radius 2 is 2.10 bits per heavy atom. The number of H-pyrrole nitrogens is 1. The highest BCUT2D eigenvalue weighted by Crippen LogP contribution is 2.23. The number of halogens is 1. The van der Waals surface area contributed by atoms with Crippen LogP contribution in [0.25, 0.3) is 11.5 Å². The molecule has 0 radical (unpaired) electrons. The summed E-state index contributed by atoms with van der Waals surface area (Å²) in [5, 5.41) is 10.8. The van der Waals surface area contributed by atoms with Gasteiger partial charge in [0.1, 0.15) is 5.69 Å². The fraction of sp³-hybridized carbons (Fsp3) is 0.500. The van der Waals surface area contributed by atoms with Gasteiger partial charge in [-0.05, 0) is 50.0 Å². The van der Waals surface area contributed by atoms with Crippen molar-refractivity contribution in [3.63, 3.8) is 0 Å². The summed E-state index contributed by atoms with van der Waals surface area (Å²) < 4.78 is 0. The maximum absolute atomic E-state index is 4.62. The van der Waals surface area contributed by atoms with E-state index in [1.807, 2.05) is 12.3 Å². The van der Waals surface area contributed by atoms with Crippen molar-refractivity contribution in [2.75, 3.05) is 13.1 Å². The molecule has 0 bridgehead atoms. The molecule has 1 fully saturated rings. The van der Waals surface area contributed by atoms with Crippen LogP contribution in [-0.2, 0) is 6.42 Å². The van der Waals surface area contributed by atoms with E-state index < -0.39 is 0 Å². The largest absolute Gasteiger partial charge is 0.317 e. The highest BCUT2D eigenvalue weighted by Gasteiger charge is 2.20. The molecule has 1 aliphatic rings. The second kappa shape index (κ2) is 6.81. The highest BCUT2D eigenvalue weighted by atomic mass is 35.5. The Morgan fingerprint density at radius 1 is 1.30 bits per heavy atom. The Labute approximate surface area is 125 Å². The van der Waals surface area contributed by atoms with Gasteiger partial charge >= 0.3 is 0 Å². The minimum atomic E-state index is 0. The van der Waals surface area contributed by atoms with Gasteiger partial charge in [-0.1, -0.05) is 6.92 Å². The SMILES string of the molecule is CCc1ccnc(-c2nc(C3CCNCC3)n[nH]2)c1.Cl. The molecule has 5 nitrogen and oxygen atoms in total. The zero-order valence-corrected chi connectivity index (χ0v) is 12.4. The lowest BCUT2D eigenvalue weighted by Crippen LogP contribution is -2.27. The smallest absolute Gasteiger partial charge is 0.174 e. The van der Waals surface area contributed by atoms with Crippen molar-refractivity contribution in [3.8, 4) is 11.5 Å². The number of nitrogens with zero attached hydrogens (tertiary/aromatic N) is 3. The summed E-state index contributed by atoms with van der Waals surface area (Å²) in [5.74, 6) is 2.18. The van der Waals surface area contributed by atoms with Gasteiger partial charge in [-0.2, -0.15) is 5.10 Å². The van der Waals surface area contributed by atoms with Gasteiger partial charge in [0.05, 0.1) is 0 Å². The molecule has 0 unspecified atom stereocenters. The standard InChI is InChI=1S/C14H19N5.ClH/c1-2-10-3-8-16-12(9-10)14-17-13(18-19-14)11-4-6-15-7-5-11;/h3,8-9,11,15H,2,4-7H2,1H3,(H,17,18,19);1H. The minimum absolute atomic E-state index is 0. The van der Waals surface area contributed by atoms with E-state index in [1.165, 1.54) is 5.56 Å². The van der Waals surface area contributed by atoms with Gasteiger partial charge < -0.3 is 5.32 Å². The molecule has 3 heterocycles. The lowest BCUT2D eigenvalue weighted by atomic mass is 9.98. The van der Waals surface area contributed by atoms with Crippen LogP contribution in [0.15, 0.2) is 18.3 Å². The van der Waals surface area contributed by atoms with Crippen LogP contribution in [0.2, 0.25) is 0 Å². The predicted molar refractivity (Wildman–Crippen MR) is 81.1 cm³/mol. The summed E-state index contributed by atoms with van der Waals surface area (Å²) in [4.78, 5) is 8.99. The first-order valence-corrected chi connectivity index (χ1v) is 6.95. The van der Waals surface area contributed by atoms with Crippen molar-refractivity contribution < 1.29 is 0 Å². The van der Waals surface area contributed by atoms with Gasteiger partial charge in [0.15, 0.2) is 11.6 Å². The van der Waals surface area contributed by atoms with E-state index >= 15 is 0 Å². The number of hydrogen-bond donors (Lipinski definition) is 2. The first kappa shape index (κ1) is 14.9. The quantitative estimate of drug-likeness (QED) is 0.911. The molecule has 0 saturated carbocycles. The summed E-state index contributed by atoms with van der Waals surface area (Å²) in [6, 6.07) is 4.11. The Morgan fingerprint density at radius 3 is 2.85 bits per heavy atom. The van der Waals surface area contributed by atoms with Gasteiger partial charge in [-0.25, -0.2) is 4.98 Å². The molecule has 0 aliphatic carbocycles.